The number of pyridine rings is 1. The number of nitrogens with zero attached hydrogens (tertiary/aromatic N) is 3. The number of benzene rings is 2. The molecule has 1 aliphatic heterocycles. The molecule has 2 atom stereocenters. The Labute approximate surface area is 232 Å². The maximum absolute atomic E-state index is 13.3. The molecule has 1 saturated heterocycles. The Hall–Kier alpha value is -3.34. The Bertz CT molecular complexity index is 1430. The van der Waals surface area contributed by atoms with Gasteiger partial charge in [-0.3, -0.25) is 9.59 Å². The summed E-state index contributed by atoms with van der Waals surface area (Å²) in [5.74, 6) is 1.16. The van der Waals surface area contributed by atoms with Crippen LogP contribution in [0.15, 0.2) is 59.6 Å². The molecule has 2 heterocycles. The lowest BCUT2D eigenvalue weighted by Crippen LogP contribution is -2.31. The third-order valence-electron chi connectivity index (χ3n) is 7.20. The summed E-state index contributed by atoms with van der Waals surface area (Å²) in [6, 6.07) is 18.0. The van der Waals surface area contributed by atoms with Gasteiger partial charge in [-0.25, -0.2) is 9.88 Å². The first kappa shape index (κ1) is 26.3. The zero-order chi connectivity index (χ0) is 27.0. The van der Waals surface area contributed by atoms with E-state index in [1.807, 2.05) is 6.07 Å². The summed E-state index contributed by atoms with van der Waals surface area (Å²) in [6.07, 6.45) is 2.86. The molecule has 2 amide bonds. The van der Waals surface area contributed by atoms with Crippen molar-refractivity contribution in [1.29, 1.82) is 5.26 Å². The normalized spacial score (nSPS) is 19.3. The number of amides is 2. The van der Waals surface area contributed by atoms with Gasteiger partial charge in [-0.05, 0) is 90.8 Å². The SMILES string of the molecule is CC(C)(C)C1CCc2nc(SC3CC(=O)N(c4ccc(Oc5ccc(Cl)cc5)cc4)C3=O)c(C#N)cc2C1. The van der Waals surface area contributed by atoms with Crippen LogP contribution in [0.2, 0.25) is 5.02 Å². The number of thioether (sulfide) groups is 1. The fourth-order valence-corrected chi connectivity index (χ4v) is 6.18. The van der Waals surface area contributed by atoms with Crippen molar-refractivity contribution in [2.24, 2.45) is 11.3 Å². The molecule has 0 bridgehead atoms. The molecule has 1 fully saturated rings. The molecule has 0 N–H and O–H groups in total. The van der Waals surface area contributed by atoms with Gasteiger partial charge in [0, 0.05) is 17.1 Å². The molecule has 2 aromatic carbocycles. The summed E-state index contributed by atoms with van der Waals surface area (Å²) in [6.45, 7) is 6.75. The molecule has 6 nitrogen and oxygen atoms in total. The molecule has 3 aromatic rings. The van der Waals surface area contributed by atoms with E-state index in [0.29, 0.717) is 38.7 Å². The summed E-state index contributed by atoms with van der Waals surface area (Å²) < 4.78 is 5.81. The smallest absolute Gasteiger partial charge is 0.247 e. The van der Waals surface area contributed by atoms with E-state index in [1.165, 1.54) is 16.7 Å². The average molecular weight is 546 g/mol. The van der Waals surface area contributed by atoms with Gasteiger partial charge in [-0.15, -0.1) is 0 Å². The first-order chi connectivity index (χ1) is 18.1. The van der Waals surface area contributed by atoms with Crippen molar-refractivity contribution in [1.82, 2.24) is 4.98 Å². The second-order valence-corrected chi connectivity index (χ2v) is 12.4. The van der Waals surface area contributed by atoms with Gasteiger partial charge in [0.15, 0.2) is 0 Å². The fraction of sp³-hybridized carbons (Fsp3) is 0.333. The van der Waals surface area contributed by atoms with Gasteiger partial charge in [0.1, 0.15) is 22.6 Å². The molecule has 8 heteroatoms. The van der Waals surface area contributed by atoms with Crippen LogP contribution in [0.3, 0.4) is 0 Å². The van der Waals surface area contributed by atoms with E-state index in [9.17, 15) is 14.9 Å². The number of ether oxygens (including phenoxy) is 1. The first-order valence-electron chi connectivity index (χ1n) is 12.6. The molecule has 2 unspecified atom stereocenters. The molecule has 2 aliphatic rings. The van der Waals surface area contributed by atoms with Crippen LogP contribution in [-0.4, -0.2) is 22.0 Å². The van der Waals surface area contributed by atoms with Crippen LogP contribution in [0.4, 0.5) is 5.69 Å². The third-order valence-corrected chi connectivity index (χ3v) is 8.64. The van der Waals surface area contributed by atoms with Gasteiger partial charge in [0.05, 0.1) is 16.5 Å². The summed E-state index contributed by atoms with van der Waals surface area (Å²) in [7, 11) is 0. The van der Waals surface area contributed by atoms with E-state index < -0.39 is 5.25 Å². The van der Waals surface area contributed by atoms with Gasteiger partial charge in [0.25, 0.3) is 0 Å². The van der Waals surface area contributed by atoms with E-state index in [4.69, 9.17) is 21.3 Å². The summed E-state index contributed by atoms with van der Waals surface area (Å²) in [4.78, 5) is 32.2. The van der Waals surface area contributed by atoms with Crippen LogP contribution in [0.1, 0.15) is 50.4 Å². The predicted molar refractivity (Wildman–Crippen MR) is 149 cm³/mol. The van der Waals surface area contributed by atoms with E-state index in [0.717, 1.165) is 30.5 Å². The number of anilines is 1. The highest BCUT2D eigenvalue weighted by atomic mass is 35.5. The molecule has 0 radical (unpaired) electrons. The Morgan fingerprint density at radius 3 is 2.34 bits per heavy atom. The van der Waals surface area contributed by atoms with Crippen molar-refractivity contribution in [2.45, 2.75) is 56.7 Å². The van der Waals surface area contributed by atoms with Crippen LogP contribution < -0.4 is 9.64 Å². The van der Waals surface area contributed by atoms with Crippen LogP contribution in [0, 0.1) is 22.7 Å². The van der Waals surface area contributed by atoms with Gasteiger partial charge < -0.3 is 4.74 Å². The lowest BCUT2D eigenvalue weighted by atomic mass is 9.71. The monoisotopic (exact) mass is 545 g/mol. The van der Waals surface area contributed by atoms with E-state index in [2.05, 4.69) is 26.8 Å². The first-order valence-corrected chi connectivity index (χ1v) is 13.9. The molecule has 194 valence electrons. The van der Waals surface area contributed by atoms with Gasteiger partial charge >= 0.3 is 0 Å². The second-order valence-electron chi connectivity index (χ2n) is 10.8. The van der Waals surface area contributed by atoms with Gasteiger partial charge in [-0.1, -0.05) is 44.1 Å². The molecular formula is C30H28ClN3O3S. The van der Waals surface area contributed by atoms with Crippen LogP contribution in [0.25, 0.3) is 0 Å². The van der Waals surface area contributed by atoms with Crippen molar-refractivity contribution in [3.05, 3.63) is 76.4 Å². The minimum Gasteiger partial charge on any atom is -0.457 e. The van der Waals surface area contributed by atoms with Crippen LogP contribution >= 0.6 is 23.4 Å². The number of nitriles is 1. The number of hydrogen-bond acceptors (Lipinski definition) is 6. The van der Waals surface area contributed by atoms with Crippen molar-refractivity contribution in [3.8, 4) is 17.6 Å². The molecule has 38 heavy (non-hydrogen) atoms. The predicted octanol–water partition coefficient (Wildman–Crippen LogP) is 6.97. The Morgan fingerprint density at radius 2 is 1.71 bits per heavy atom. The van der Waals surface area contributed by atoms with Crippen molar-refractivity contribution in [3.63, 3.8) is 0 Å². The van der Waals surface area contributed by atoms with E-state index in [1.54, 1.807) is 48.5 Å². The van der Waals surface area contributed by atoms with Gasteiger partial charge in [0.2, 0.25) is 11.8 Å². The molecule has 1 aliphatic carbocycles. The molecule has 0 spiro atoms. The fourth-order valence-electron chi connectivity index (χ4n) is 4.96. The number of imide groups is 1. The highest BCUT2D eigenvalue weighted by Crippen LogP contribution is 2.40. The quantitative estimate of drug-likeness (QED) is 0.322. The topological polar surface area (TPSA) is 83.3 Å². The largest absolute Gasteiger partial charge is 0.457 e. The van der Waals surface area contributed by atoms with Crippen molar-refractivity contribution < 1.29 is 14.3 Å². The highest BCUT2D eigenvalue weighted by molar-refractivity contribution is 8.00. The van der Waals surface area contributed by atoms with Crippen LogP contribution in [0.5, 0.6) is 11.5 Å². The zero-order valence-electron chi connectivity index (χ0n) is 21.5. The number of halogens is 1. The number of rotatable bonds is 5. The molecule has 1 aromatic heterocycles. The van der Waals surface area contributed by atoms with Crippen LogP contribution in [-0.2, 0) is 22.4 Å². The minimum atomic E-state index is -0.629. The number of hydrogen-bond donors (Lipinski definition) is 0. The number of aromatic nitrogens is 1. The maximum atomic E-state index is 13.3. The Kier molecular flexibility index (Phi) is 7.21. The average Bonchev–Trinajstić information content (AvgIpc) is 3.17. The number of aryl methyl sites for hydroxylation is 1. The summed E-state index contributed by atoms with van der Waals surface area (Å²) >= 11 is 7.14. The lowest BCUT2D eigenvalue weighted by Gasteiger charge is -2.34. The maximum Gasteiger partial charge on any atom is 0.247 e. The number of fused-ring (bicyclic) bond motifs is 1. The van der Waals surface area contributed by atoms with Gasteiger partial charge in [-0.2, -0.15) is 5.26 Å². The van der Waals surface area contributed by atoms with Crippen molar-refractivity contribution >= 4 is 40.9 Å². The number of carbonyl (C=O) groups excluding carboxylic acids is 2. The Balaban J connectivity index is 1.30. The van der Waals surface area contributed by atoms with E-state index >= 15 is 0 Å². The lowest BCUT2D eigenvalue weighted by molar-refractivity contribution is -0.121. The standard InChI is InChI=1S/C30H28ClN3O3S/c1-30(2,3)20-4-13-25-18(15-20)14-19(17-32)28(33-25)38-26-16-27(35)34(29(26)36)22-7-11-24(12-8-22)37-23-9-5-21(31)6-10-23/h5-12,14,20,26H,4,13,15-16H2,1-3H3. The third kappa shape index (κ3) is 5.43. The molecule has 0 saturated carbocycles. The summed E-state index contributed by atoms with van der Waals surface area (Å²) in [5, 5.41) is 10.3. The van der Waals surface area contributed by atoms with Crippen molar-refractivity contribution in [2.75, 3.05) is 4.90 Å². The molecule has 5 rings (SSSR count). The summed E-state index contributed by atoms with van der Waals surface area (Å²) in [5.41, 5.74) is 3.26. The minimum absolute atomic E-state index is 0.0578. The van der Waals surface area contributed by atoms with E-state index in [-0.39, 0.29) is 23.7 Å². The Morgan fingerprint density at radius 1 is 1.05 bits per heavy atom. The second kappa shape index (κ2) is 10.4. The number of carbonyl (C=O) groups is 2. The highest BCUT2D eigenvalue weighted by Gasteiger charge is 2.41. The molecular weight excluding hydrogens is 518 g/mol. The zero-order valence-corrected chi connectivity index (χ0v) is 23.1.